The number of rotatable bonds is 6. The highest BCUT2D eigenvalue weighted by atomic mass is 16.4. The van der Waals surface area contributed by atoms with Gasteiger partial charge in [-0.2, -0.15) is 0 Å². The second-order valence-corrected chi connectivity index (χ2v) is 3.55. The van der Waals surface area contributed by atoms with Gasteiger partial charge in [0.05, 0.1) is 0 Å². The van der Waals surface area contributed by atoms with Gasteiger partial charge in [-0.3, -0.25) is 0 Å². The lowest BCUT2D eigenvalue weighted by molar-refractivity contribution is -0.132. The van der Waals surface area contributed by atoms with E-state index in [4.69, 9.17) is 10.2 Å². The Bertz CT molecular complexity index is 406. The van der Waals surface area contributed by atoms with Crippen LogP contribution >= 0.6 is 0 Å². The molecule has 0 rings (SSSR count). The van der Waals surface area contributed by atoms with Crippen LogP contribution in [0, 0.1) is 0 Å². The van der Waals surface area contributed by atoms with Crippen LogP contribution in [0.4, 0.5) is 0 Å². The molecule has 0 amide bonds. The van der Waals surface area contributed by atoms with Gasteiger partial charge in [-0.25, -0.2) is 9.59 Å². The summed E-state index contributed by atoms with van der Waals surface area (Å²) >= 11 is 0. The van der Waals surface area contributed by atoms with Crippen LogP contribution in [0.5, 0.6) is 0 Å². The summed E-state index contributed by atoms with van der Waals surface area (Å²) in [5.41, 5.74) is 1.61. The lowest BCUT2D eigenvalue weighted by atomic mass is 10.2. The number of carbonyl (C=O) groups is 2. The fraction of sp³-hybridized carbons (Fsp3) is 0.143. The summed E-state index contributed by atoms with van der Waals surface area (Å²) < 4.78 is 0. The van der Waals surface area contributed by atoms with Gasteiger partial charge in [-0.1, -0.05) is 47.6 Å². The van der Waals surface area contributed by atoms with Crippen molar-refractivity contribution in [1.29, 1.82) is 0 Å². The predicted molar refractivity (Wildman–Crippen MR) is 70.2 cm³/mol. The number of hydrogen-bond acceptors (Lipinski definition) is 2. The van der Waals surface area contributed by atoms with Gasteiger partial charge in [0.15, 0.2) is 0 Å². The van der Waals surface area contributed by atoms with Crippen molar-refractivity contribution in [3.63, 3.8) is 0 Å². The zero-order valence-electron chi connectivity index (χ0n) is 10.3. The van der Waals surface area contributed by atoms with Crippen molar-refractivity contribution < 1.29 is 19.8 Å². The average molecular weight is 248 g/mol. The van der Waals surface area contributed by atoms with Crippen LogP contribution in [0.15, 0.2) is 59.8 Å². The van der Waals surface area contributed by atoms with Gasteiger partial charge in [0.25, 0.3) is 0 Å². The Kier molecular flexibility index (Phi) is 7.61. The minimum Gasteiger partial charge on any atom is -0.478 e. The van der Waals surface area contributed by atoms with Gasteiger partial charge in [0, 0.05) is 12.2 Å². The molecule has 0 saturated heterocycles. The minimum absolute atomic E-state index is 0.806. The largest absolute Gasteiger partial charge is 0.478 e. The van der Waals surface area contributed by atoms with E-state index in [-0.39, 0.29) is 0 Å². The summed E-state index contributed by atoms with van der Waals surface area (Å²) in [7, 11) is 0. The molecule has 4 nitrogen and oxygen atoms in total. The van der Waals surface area contributed by atoms with E-state index >= 15 is 0 Å². The monoisotopic (exact) mass is 248 g/mol. The van der Waals surface area contributed by atoms with Crippen molar-refractivity contribution in [2.75, 3.05) is 0 Å². The first-order valence-electron chi connectivity index (χ1n) is 5.25. The molecule has 0 aromatic heterocycles. The van der Waals surface area contributed by atoms with Crippen molar-refractivity contribution in [2.45, 2.75) is 13.8 Å². The summed E-state index contributed by atoms with van der Waals surface area (Å²) in [4.78, 5) is 20.5. The molecule has 0 unspecified atom stereocenters. The molecule has 18 heavy (non-hydrogen) atoms. The van der Waals surface area contributed by atoms with Gasteiger partial charge in [0.2, 0.25) is 0 Å². The van der Waals surface area contributed by atoms with Crippen molar-refractivity contribution in [3.05, 3.63) is 59.8 Å². The van der Waals surface area contributed by atoms with E-state index in [1.165, 1.54) is 12.2 Å². The fourth-order valence-corrected chi connectivity index (χ4v) is 0.931. The van der Waals surface area contributed by atoms with Gasteiger partial charge in [0.1, 0.15) is 0 Å². The Balaban J connectivity index is 4.41. The molecule has 2 N–H and O–H groups in total. The highest BCUT2D eigenvalue weighted by molar-refractivity contribution is 5.80. The zero-order valence-corrected chi connectivity index (χ0v) is 10.3. The first kappa shape index (κ1) is 15.6. The average Bonchev–Trinajstić information content (AvgIpc) is 2.29. The molecule has 0 aliphatic carbocycles. The van der Waals surface area contributed by atoms with E-state index in [0.29, 0.717) is 0 Å². The topological polar surface area (TPSA) is 74.6 Å². The van der Waals surface area contributed by atoms with Crippen LogP contribution in [-0.4, -0.2) is 22.2 Å². The van der Waals surface area contributed by atoms with Crippen LogP contribution in [0.3, 0.4) is 0 Å². The summed E-state index contributed by atoms with van der Waals surface area (Å²) in [6.07, 6.45) is 12.1. The molecule has 0 aliphatic heterocycles. The Morgan fingerprint density at radius 3 is 1.33 bits per heavy atom. The molecule has 0 spiro atoms. The third-order valence-electron chi connectivity index (χ3n) is 1.81. The smallest absolute Gasteiger partial charge is 0.328 e. The maximum atomic E-state index is 10.3. The Hall–Kier alpha value is -2.36. The lowest BCUT2D eigenvalue weighted by Gasteiger charge is -1.88. The maximum Gasteiger partial charge on any atom is 0.328 e. The number of carboxylic acids is 2. The highest BCUT2D eigenvalue weighted by Gasteiger charge is 1.86. The second kappa shape index (κ2) is 8.75. The van der Waals surface area contributed by atoms with Gasteiger partial charge >= 0.3 is 11.9 Å². The van der Waals surface area contributed by atoms with E-state index in [0.717, 1.165) is 23.3 Å². The molecule has 4 heteroatoms. The van der Waals surface area contributed by atoms with Crippen LogP contribution < -0.4 is 0 Å². The summed E-state index contributed by atoms with van der Waals surface area (Å²) in [6.45, 7) is 3.56. The van der Waals surface area contributed by atoms with Gasteiger partial charge < -0.3 is 10.2 Å². The van der Waals surface area contributed by atoms with Crippen LogP contribution in [-0.2, 0) is 9.59 Å². The Morgan fingerprint density at radius 1 is 0.722 bits per heavy atom. The summed E-state index contributed by atoms with van der Waals surface area (Å²) in [5, 5.41) is 16.8. The van der Waals surface area contributed by atoms with E-state index in [9.17, 15) is 9.59 Å². The van der Waals surface area contributed by atoms with Crippen molar-refractivity contribution in [3.8, 4) is 0 Å². The lowest BCUT2D eigenvalue weighted by Crippen LogP contribution is -1.85. The molecular formula is C14H16O4. The zero-order chi connectivity index (χ0) is 14.0. The molecule has 0 radical (unpaired) electrons. The fourth-order valence-electron chi connectivity index (χ4n) is 0.931. The third kappa shape index (κ3) is 10.2. The Labute approximate surface area is 106 Å². The molecule has 0 fully saturated rings. The predicted octanol–water partition coefficient (Wildman–Crippen LogP) is 2.72. The molecule has 0 saturated carbocycles. The Morgan fingerprint density at radius 2 is 1.06 bits per heavy atom. The number of aliphatic carboxylic acids is 2. The second-order valence-electron chi connectivity index (χ2n) is 3.55. The SMILES string of the molecule is CC(C=CC(=O)O)=CC=CC=C(C)/C=C/C(=O)O. The third-order valence-corrected chi connectivity index (χ3v) is 1.81. The first-order chi connectivity index (χ1) is 8.41. The van der Waals surface area contributed by atoms with Crippen LogP contribution in [0.1, 0.15) is 13.8 Å². The molecule has 0 aromatic carbocycles. The maximum absolute atomic E-state index is 10.3. The van der Waals surface area contributed by atoms with E-state index < -0.39 is 11.9 Å². The van der Waals surface area contributed by atoms with Crippen molar-refractivity contribution >= 4 is 11.9 Å². The summed E-state index contributed by atoms with van der Waals surface area (Å²) in [5.74, 6) is -1.97. The van der Waals surface area contributed by atoms with E-state index in [2.05, 4.69) is 0 Å². The first-order valence-corrected chi connectivity index (χ1v) is 5.25. The van der Waals surface area contributed by atoms with Crippen molar-refractivity contribution in [2.24, 2.45) is 0 Å². The van der Waals surface area contributed by atoms with Crippen LogP contribution in [0.2, 0.25) is 0 Å². The van der Waals surface area contributed by atoms with Crippen LogP contribution in [0.25, 0.3) is 0 Å². The van der Waals surface area contributed by atoms with E-state index in [1.807, 2.05) is 0 Å². The number of carboxylic acid groups (broad SMARTS) is 2. The highest BCUT2D eigenvalue weighted by Crippen LogP contribution is 1.98. The molecular weight excluding hydrogens is 232 g/mol. The van der Waals surface area contributed by atoms with Crippen molar-refractivity contribution in [1.82, 2.24) is 0 Å². The standard InChI is InChI=1S/C14H16O4/c1-11(7-9-13(15)16)5-3-4-6-12(2)8-10-14(17)18/h3-10H,1-2H3,(H,15,16)(H,17,18)/b4-3?,9-7+,10-8?,11-5?,12-6?. The molecule has 96 valence electrons. The van der Waals surface area contributed by atoms with Gasteiger partial charge in [-0.15, -0.1) is 0 Å². The molecule has 0 heterocycles. The summed E-state index contributed by atoms with van der Waals surface area (Å²) in [6, 6.07) is 0. The minimum atomic E-state index is -0.985. The van der Waals surface area contributed by atoms with E-state index in [1.54, 1.807) is 38.2 Å². The molecule has 0 aromatic rings. The number of hydrogen-bond donors (Lipinski definition) is 2. The molecule has 0 bridgehead atoms. The molecule has 0 aliphatic rings. The molecule has 0 atom stereocenters. The van der Waals surface area contributed by atoms with Gasteiger partial charge in [-0.05, 0) is 13.8 Å². The normalized spacial score (nSPS) is 13.9. The quantitative estimate of drug-likeness (QED) is 0.560. The number of allylic oxidation sites excluding steroid dienone is 8.